The maximum absolute atomic E-state index is 11.8. The Bertz CT molecular complexity index is 204. The fourth-order valence-electron chi connectivity index (χ4n) is 1.52. The second-order valence-electron chi connectivity index (χ2n) is 2.96. The predicted octanol–water partition coefficient (Wildman–Crippen LogP) is 1.31. The molecule has 0 aromatic rings. The van der Waals surface area contributed by atoms with Crippen molar-refractivity contribution in [3.8, 4) is 0 Å². The Morgan fingerprint density at radius 1 is 1.27 bits per heavy atom. The van der Waals surface area contributed by atoms with Crippen LogP contribution in [0, 0.1) is 0 Å². The zero-order valence-electron chi connectivity index (χ0n) is 6.42. The van der Waals surface area contributed by atoms with Crippen LogP contribution >= 0.6 is 0 Å². The Balaban J connectivity index is 2.56. The molecular weight excluding hydrogens is 167 g/mol. The molecule has 2 nitrogen and oxygen atoms in total. The lowest BCUT2D eigenvalue weighted by molar-refractivity contribution is 0.513. The Labute approximate surface area is 66.7 Å². The highest BCUT2D eigenvalue weighted by molar-refractivity contribution is 7.92. The minimum Gasteiger partial charge on any atom is -0.250 e. The van der Waals surface area contributed by atoms with Crippen LogP contribution in [-0.2, 0) is 9.84 Å². The van der Waals surface area contributed by atoms with E-state index >= 15 is 0 Å². The summed E-state index contributed by atoms with van der Waals surface area (Å²) in [6, 6.07) is 0. The van der Waals surface area contributed by atoms with E-state index in [1.54, 1.807) is 0 Å². The molecule has 0 unspecified atom stereocenters. The molecule has 0 bridgehead atoms. The number of halogens is 1. The molecule has 0 aliphatic heterocycles. The van der Waals surface area contributed by atoms with Gasteiger partial charge in [0.25, 0.3) is 0 Å². The van der Waals surface area contributed by atoms with Crippen molar-refractivity contribution in [1.82, 2.24) is 0 Å². The van der Waals surface area contributed by atoms with Crippen molar-refractivity contribution in [3.63, 3.8) is 0 Å². The van der Waals surface area contributed by atoms with E-state index in [0.29, 0.717) is 0 Å². The van der Waals surface area contributed by atoms with Crippen LogP contribution < -0.4 is 0 Å². The van der Waals surface area contributed by atoms with Crippen molar-refractivity contribution in [2.45, 2.75) is 30.9 Å². The van der Waals surface area contributed by atoms with E-state index in [0.717, 1.165) is 25.7 Å². The summed E-state index contributed by atoms with van der Waals surface area (Å²) in [7, 11) is -3.09. The second-order valence-corrected chi connectivity index (χ2v) is 5.36. The summed E-state index contributed by atoms with van der Waals surface area (Å²) in [5.74, 6) is -0.280. The number of rotatable bonds is 3. The van der Waals surface area contributed by atoms with Gasteiger partial charge in [0, 0.05) is 0 Å². The first-order valence-corrected chi connectivity index (χ1v) is 5.66. The molecule has 66 valence electrons. The Morgan fingerprint density at radius 2 is 1.82 bits per heavy atom. The molecule has 0 aromatic carbocycles. The first kappa shape index (κ1) is 8.97. The lowest BCUT2D eigenvalue weighted by Gasteiger charge is -2.07. The van der Waals surface area contributed by atoms with Crippen molar-refractivity contribution in [1.29, 1.82) is 0 Å². The van der Waals surface area contributed by atoms with Crippen molar-refractivity contribution >= 4 is 9.84 Å². The molecule has 4 heteroatoms. The van der Waals surface area contributed by atoms with Crippen LogP contribution in [0.3, 0.4) is 0 Å². The van der Waals surface area contributed by atoms with Gasteiger partial charge in [0.05, 0.1) is 11.0 Å². The van der Waals surface area contributed by atoms with Crippen LogP contribution in [0.4, 0.5) is 4.39 Å². The minimum atomic E-state index is -3.09. The van der Waals surface area contributed by atoms with Gasteiger partial charge in [-0.25, -0.2) is 12.8 Å². The average Bonchev–Trinajstić information content (AvgIpc) is 2.37. The smallest absolute Gasteiger partial charge is 0.155 e. The third-order valence-corrected chi connectivity index (χ3v) is 4.38. The number of alkyl halides is 1. The molecule has 0 aromatic heterocycles. The Kier molecular flexibility index (Phi) is 2.87. The largest absolute Gasteiger partial charge is 0.250 e. The molecule has 1 fully saturated rings. The zero-order chi connectivity index (χ0) is 8.32. The maximum atomic E-state index is 11.8. The monoisotopic (exact) mass is 180 g/mol. The van der Waals surface area contributed by atoms with Crippen LogP contribution in [0.2, 0.25) is 0 Å². The molecule has 0 heterocycles. The van der Waals surface area contributed by atoms with Gasteiger partial charge in [0.15, 0.2) is 9.84 Å². The van der Waals surface area contributed by atoms with Gasteiger partial charge in [-0.3, -0.25) is 0 Å². The highest BCUT2D eigenvalue weighted by atomic mass is 32.2. The third-order valence-electron chi connectivity index (χ3n) is 2.17. The van der Waals surface area contributed by atoms with Crippen LogP contribution in [0.15, 0.2) is 0 Å². The van der Waals surface area contributed by atoms with Crippen LogP contribution in [-0.4, -0.2) is 26.1 Å². The van der Waals surface area contributed by atoms with Crippen molar-refractivity contribution < 1.29 is 12.8 Å². The zero-order valence-corrected chi connectivity index (χ0v) is 7.24. The van der Waals surface area contributed by atoms with Crippen molar-refractivity contribution in [2.75, 3.05) is 12.4 Å². The number of sulfone groups is 1. The summed E-state index contributed by atoms with van der Waals surface area (Å²) in [5.41, 5.74) is 0. The predicted molar refractivity (Wildman–Crippen MR) is 42.0 cm³/mol. The maximum Gasteiger partial charge on any atom is 0.155 e. The average molecular weight is 180 g/mol. The van der Waals surface area contributed by atoms with E-state index in [4.69, 9.17) is 0 Å². The Morgan fingerprint density at radius 3 is 2.27 bits per heavy atom. The minimum absolute atomic E-state index is 0.238. The van der Waals surface area contributed by atoms with Gasteiger partial charge in [0.1, 0.15) is 6.67 Å². The van der Waals surface area contributed by atoms with E-state index in [-0.39, 0.29) is 11.0 Å². The fourth-order valence-corrected chi connectivity index (χ4v) is 3.12. The molecule has 0 atom stereocenters. The first-order chi connectivity index (χ1) is 5.17. The van der Waals surface area contributed by atoms with Crippen molar-refractivity contribution in [2.24, 2.45) is 0 Å². The lowest BCUT2D eigenvalue weighted by atomic mass is 10.4. The SMILES string of the molecule is O=S(=O)(CCF)C1CCCC1. The summed E-state index contributed by atoms with van der Waals surface area (Å²) in [4.78, 5) is 0. The molecule has 0 spiro atoms. The molecular formula is C7H13FO2S. The molecule has 11 heavy (non-hydrogen) atoms. The van der Waals surface area contributed by atoms with Crippen molar-refractivity contribution in [3.05, 3.63) is 0 Å². The van der Waals surface area contributed by atoms with Crippen LogP contribution in [0.25, 0.3) is 0 Å². The second kappa shape index (κ2) is 3.52. The van der Waals surface area contributed by atoms with E-state index in [1.165, 1.54) is 0 Å². The molecule has 1 aliphatic rings. The van der Waals surface area contributed by atoms with E-state index < -0.39 is 16.5 Å². The molecule has 1 saturated carbocycles. The molecule has 1 aliphatic carbocycles. The summed E-state index contributed by atoms with van der Waals surface area (Å²) in [6.07, 6.45) is 3.44. The quantitative estimate of drug-likeness (QED) is 0.656. The van der Waals surface area contributed by atoms with Gasteiger partial charge in [-0.1, -0.05) is 12.8 Å². The molecule has 1 rings (SSSR count). The first-order valence-electron chi connectivity index (χ1n) is 3.94. The van der Waals surface area contributed by atoms with Gasteiger partial charge < -0.3 is 0 Å². The highest BCUT2D eigenvalue weighted by Crippen LogP contribution is 2.24. The summed E-state index contributed by atoms with van der Waals surface area (Å²) >= 11 is 0. The van der Waals surface area contributed by atoms with Crippen LogP contribution in [0.1, 0.15) is 25.7 Å². The van der Waals surface area contributed by atoms with Gasteiger partial charge in [-0.05, 0) is 12.8 Å². The lowest BCUT2D eigenvalue weighted by Crippen LogP contribution is -2.21. The van der Waals surface area contributed by atoms with E-state index in [9.17, 15) is 12.8 Å². The molecule has 0 N–H and O–H groups in total. The normalized spacial score (nSPS) is 20.8. The third kappa shape index (κ3) is 2.15. The Hall–Kier alpha value is -0.120. The van der Waals surface area contributed by atoms with Crippen LogP contribution in [0.5, 0.6) is 0 Å². The fraction of sp³-hybridized carbons (Fsp3) is 1.00. The molecule has 0 radical (unpaired) electrons. The number of hydrogen-bond donors (Lipinski definition) is 0. The topological polar surface area (TPSA) is 34.1 Å². The molecule has 0 amide bonds. The van der Waals surface area contributed by atoms with E-state index in [1.807, 2.05) is 0 Å². The van der Waals surface area contributed by atoms with Gasteiger partial charge in [-0.2, -0.15) is 0 Å². The van der Waals surface area contributed by atoms with Gasteiger partial charge in [-0.15, -0.1) is 0 Å². The van der Waals surface area contributed by atoms with E-state index in [2.05, 4.69) is 0 Å². The summed E-state index contributed by atoms with van der Waals surface area (Å²) in [6.45, 7) is -0.737. The highest BCUT2D eigenvalue weighted by Gasteiger charge is 2.27. The van der Waals surface area contributed by atoms with Gasteiger partial charge in [0.2, 0.25) is 0 Å². The molecule has 0 saturated heterocycles. The standard InChI is InChI=1S/C7H13FO2S/c8-5-6-11(9,10)7-3-1-2-4-7/h7H,1-6H2. The summed E-state index contributed by atoms with van der Waals surface area (Å²) in [5, 5.41) is -0.238. The van der Waals surface area contributed by atoms with Gasteiger partial charge >= 0.3 is 0 Å². The summed E-state index contributed by atoms with van der Waals surface area (Å²) < 4.78 is 34.1. The number of hydrogen-bond acceptors (Lipinski definition) is 2.